The van der Waals surface area contributed by atoms with Gasteiger partial charge in [-0.2, -0.15) is 0 Å². The normalized spacial score (nSPS) is 18.6. The first-order valence-corrected chi connectivity index (χ1v) is 9.66. The Morgan fingerprint density at radius 3 is 2.65 bits per heavy atom. The highest BCUT2D eigenvalue weighted by Crippen LogP contribution is 2.40. The van der Waals surface area contributed by atoms with Gasteiger partial charge in [-0.3, -0.25) is 14.5 Å². The predicted molar refractivity (Wildman–Crippen MR) is 101 cm³/mol. The summed E-state index contributed by atoms with van der Waals surface area (Å²) in [5.41, 5.74) is 0.349. The molecule has 0 spiro atoms. The minimum Gasteiger partial charge on any atom is -0.490 e. The Balaban J connectivity index is 1.66. The maximum absolute atomic E-state index is 14.4. The first-order valence-electron chi connectivity index (χ1n) is 9.28. The number of hydrogen-bond acceptors (Lipinski definition) is 4. The van der Waals surface area contributed by atoms with Crippen LogP contribution >= 0.6 is 11.6 Å². The molecular formula is C20H18ClF5N2O3. The average molecular weight is 465 g/mol. The van der Waals surface area contributed by atoms with Gasteiger partial charge in [0.05, 0.1) is 23.2 Å². The van der Waals surface area contributed by atoms with Crippen molar-refractivity contribution in [3.8, 4) is 5.75 Å². The van der Waals surface area contributed by atoms with Gasteiger partial charge in [-0.05, 0) is 30.3 Å². The smallest absolute Gasteiger partial charge is 0.490 e. The highest BCUT2D eigenvalue weighted by molar-refractivity contribution is 6.32. The second kappa shape index (κ2) is 9.35. The average Bonchev–Trinajstić information content (AvgIpc) is 2.71. The van der Waals surface area contributed by atoms with Crippen LogP contribution < -0.4 is 4.74 Å². The van der Waals surface area contributed by atoms with Crippen LogP contribution in [0.5, 0.6) is 5.75 Å². The lowest BCUT2D eigenvalue weighted by molar-refractivity contribution is -0.325. The molecule has 5 nitrogen and oxygen atoms in total. The number of amides is 1. The van der Waals surface area contributed by atoms with E-state index >= 15 is 0 Å². The summed E-state index contributed by atoms with van der Waals surface area (Å²) >= 11 is 6.06. The fourth-order valence-electron chi connectivity index (χ4n) is 3.22. The number of carbonyl (C=O) groups is 1. The van der Waals surface area contributed by atoms with Gasteiger partial charge in [-0.15, -0.1) is 13.2 Å². The number of benzene rings is 1. The molecule has 1 saturated heterocycles. The van der Waals surface area contributed by atoms with Gasteiger partial charge in [0.25, 0.3) is 11.8 Å². The summed E-state index contributed by atoms with van der Waals surface area (Å²) in [5, 5.41) is 0.00136. The van der Waals surface area contributed by atoms with Crippen molar-refractivity contribution in [2.24, 2.45) is 0 Å². The number of halogens is 6. The van der Waals surface area contributed by atoms with Gasteiger partial charge in [0.1, 0.15) is 12.4 Å². The molecule has 3 rings (SSSR count). The number of hydrogen-bond donors (Lipinski definition) is 0. The molecule has 0 bridgehead atoms. The largest absolute Gasteiger partial charge is 0.522 e. The Bertz CT molecular complexity index is 911. The van der Waals surface area contributed by atoms with Crippen LogP contribution in [-0.2, 0) is 4.74 Å². The van der Waals surface area contributed by atoms with Crippen LogP contribution in [0.15, 0.2) is 42.6 Å². The summed E-state index contributed by atoms with van der Waals surface area (Å²) in [7, 11) is 0. The third kappa shape index (κ3) is 6.04. The zero-order valence-electron chi connectivity index (χ0n) is 16.0. The Morgan fingerprint density at radius 1 is 1.23 bits per heavy atom. The Morgan fingerprint density at radius 2 is 2.00 bits per heavy atom. The van der Waals surface area contributed by atoms with E-state index in [-0.39, 0.29) is 35.1 Å². The summed E-state index contributed by atoms with van der Waals surface area (Å²) in [6, 6.07) is 8.71. The number of ether oxygens (including phenoxy) is 2. The lowest BCUT2D eigenvalue weighted by atomic mass is 9.89. The van der Waals surface area contributed by atoms with E-state index in [4.69, 9.17) is 16.3 Å². The second-order valence-electron chi connectivity index (χ2n) is 6.86. The Hall–Kier alpha value is -2.46. The first-order chi connectivity index (χ1) is 14.6. The summed E-state index contributed by atoms with van der Waals surface area (Å²) in [4.78, 5) is 18.1. The molecule has 1 amide bonds. The van der Waals surface area contributed by atoms with E-state index < -0.39 is 43.7 Å². The molecule has 168 valence electrons. The second-order valence-corrected chi connectivity index (χ2v) is 7.26. The zero-order valence-corrected chi connectivity index (χ0v) is 16.8. The number of aromatic nitrogens is 1. The zero-order chi connectivity index (χ0) is 22.6. The SMILES string of the molecule is O=C(c1ccc(OCCOC(F)(F)F)c(Cl)c1)N1CCC(F)(F)C(c2ccccn2)C1. The van der Waals surface area contributed by atoms with Gasteiger partial charge in [-0.1, -0.05) is 17.7 Å². The van der Waals surface area contributed by atoms with Crippen LogP contribution in [0.4, 0.5) is 22.0 Å². The highest BCUT2D eigenvalue weighted by atomic mass is 35.5. The summed E-state index contributed by atoms with van der Waals surface area (Å²) in [5.74, 6) is -4.66. The summed E-state index contributed by atoms with van der Waals surface area (Å²) in [6.45, 7) is -1.48. The fourth-order valence-corrected chi connectivity index (χ4v) is 3.46. The van der Waals surface area contributed by atoms with Crippen molar-refractivity contribution < 1.29 is 36.2 Å². The lowest BCUT2D eigenvalue weighted by Crippen LogP contribution is -2.48. The molecule has 2 aromatic rings. The highest BCUT2D eigenvalue weighted by Gasteiger charge is 2.46. The van der Waals surface area contributed by atoms with Gasteiger partial charge in [-0.25, -0.2) is 8.78 Å². The molecule has 11 heteroatoms. The number of alkyl halides is 5. The molecule has 1 aromatic carbocycles. The molecule has 1 fully saturated rings. The Kier molecular flexibility index (Phi) is 7.00. The van der Waals surface area contributed by atoms with Crippen molar-refractivity contribution in [2.45, 2.75) is 24.6 Å². The summed E-state index contributed by atoms with van der Waals surface area (Å²) in [6.07, 6.45) is -3.85. The van der Waals surface area contributed by atoms with Crippen LogP contribution in [0.25, 0.3) is 0 Å². The number of likely N-dealkylation sites (tertiary alicyclic amines) is 1. The molecular weight excluding hydrogens is 447 g/mol. The van der Waals surface area contributed by atoms with Crippen molar-refractivity contribution in [3.63, 3.8) is 0 Å². The molecule has 0 aliphatic carbocycles. The minimum absolute atomic E-state index is 0.00136. The van der Waals surface area contributed by atoms with Gasteiger partial charge in [0.2, 0.25) is 0 Å². The molecule has 0 N–H and O–H groups in total. The minimum atomic E-state index is -4.76. The van der Waals surface area contributed by atoms with Gasteiger partial charge in [0, 0.05) is 31.3 Å². The van der Waals surface area contributed by atoms with Crippen LogP contribution in [0.1, 0.15) is 28.4 Å². The van der Waals surface area contributed by atoms with Crippen LogP contribution in [0.3, 0.4) is 0 Å². The van der Waals surface area contributed by atoms with E-state index in [0.29, 0.717) is 0 Å². The van der Waals surface area contributed by atoms with Crippen molar-refractivity contribution in [3.05, 3.63) is 58.9 Å². The van der Waals surface area contributed by atoms with Crippen LogP contribution in [0, 0.1) is 0 Å². The molecule has 1 aliphatic heterocycles. The third-order valence-electron chi connectivity index (χ3n) is 4.75. The van der Waals surface area contributed by atoms with E-state index in [1.807, 2.05) is 0 Å². The number of pyridine rings is 1. The van der Waals surface area contributed by atoms with Crippen molar-refractivity contribution in [1.82, 2.24) is 9.88 Å². The van der Waals surface area contributed by atoms with E-state index in [1.54, 1.807) is 12.1 Å². The van der Waals surface area contributed by atoms with Gasteiger partial charge >= 0.3 is 6.36 Å². The van der Waals surface area contributed by atoms with E-state index in [1.165, 1.54) is 35.4 Å². The predicted octanol–water partition coefficient (Wildman–Crippen LogP) is 4.92. The quantitative estimate of drug-likeness (QED) is 0.450. The monoisotopic (exact) mass is 464 g/mol. The lowest BCUT2D eigenvalue weighted by Gasteiger charge is -2.38. The van der Waals surface area contributed by atoms with Crippen LogP contribution in [-0.4, -0.2) is 54.4 Å². The molecule has 2 heterocycles. The van der Waals surface area contributed by atoms with Gasteiger partial charge in [0.15, 0.2) is 0 Å². The van der Waals surface area contributed by atoms with E-state index in [9.17, 15) is 26.7 Å². The van der Waals surface area contributed by atoms with E-state index in [0.717, 1.165) is 0 Å². The fraction of sp³-hybridized carbons (Fsp3) is 0.400. The third-order valence-corrected chi connectivity index (χ3v) is 5.04. The molecule has 1 aromatic heterocycles. The molecule has 0 saturated carbocycles. The first kappa shape index (κ1) is 23.2. The molecule has 1 aliphatic rings. The van der Waals surface area contributed by atoms with Crippen molar-refractivity contribution >= 4 is 17.5 Å². The van der Waals surface area contributed by atoms with Crippen molar-refractivity contribution in [1.29, 1.82) is 0 Å². The number of nitrogens with zero attached hydrogens (tertiary/aromatic N) is 2. The van der Waals surface area contributed by atoms with Gasteiger partial charge < -0.3 is 9.64 Å². The number of rotatable bonds is 6. The maximum atomic E-state index is 14.4. The number of piperidine rings is 1. The van der Waals surface area contributed by atoms with Crippen molar-refractivity contribution in [2.75, 3.05) is 26.3 Å². The molecule has 31 heavy (non-hydrogen) atoms. The standard InChI is InChI=1S/C20H18ClF5N2O3/c21-15-11-13(4-5-17(15)30-9-10-31-20(24,25)26)18(29)28-8-6-19(22,23)14(12-28)16-3-1-2-7-27-16/h1-5,7,11,14H,6,8-10,12H2. The molecule has 1 unspecified atom stereocenters. The molecule has 0 radical (unpaired) electrons. The molecule has 1 atom stereocenters. The summed E-state index contributed by atoms with van der Waals surface area (Å²) < 4.78 is 73.5. The maximum Gasteiger partial charge on any atom is 0.522 e. The Labute approximate surface area is 179 Å². The van der Waals surface area contributed by atoms with Crippen LogP contribution in [0.2, 0.25) is 5.02 Å². The number of carbonyl (C=O) groups excluding carboxylic acids is 1. The van der Waals surface area contributed by atoms with E-state index in [2.05, 4.69) is 9.72 Å². The topological polar surface area (TPSA) is 51.7 Å².